The lowest BCUT2D eigenvalue weighted by atomic mass is 10.0. The van der Waals surface area contributed by atoms with Crippen LogP contribution in [0.4, 0.5) is 0 Å². The van der Waals surface area contributed by atoms with E-state index in [-0.39, 0.29) is 11.7 Å². The second-order valence-corrected chi connectivity index (χ2v) is 7.99. The minimum atomic E-state index is -0.392. The van der Waals surface area contributed by atoms with E-state index >= 15 is 0 Å². The molecule has 3 N–H and O–H groups in total. The van der Waals surface area contributed by atoms with Gasteiger partial charge >= 0.3 is 0 Å². The van der Waals surface area contributed by atoms with Gasteiger partial charge in [-0.05, 0) is 34.9 Å². The van der Waals surface area contributed by atoms with Gasteiger partial charge in [-0.1, -0.05) is 66.2 Å². The number of Topliss-reactive ketones (excluding diaryl/α,β-unsaturated/α-hetero) is 1. The van der Waals surface area contributed by atoms with Gasteiger partial charge in [0.25, 0.3) is 5.91 Å². The molecule has 1 atom stereocenters. The van der Waals surface area contributed by atoms with Crippen molar-refractivity contribution in [2.24, 2.45) is 0 Å². The summed E-state index contributed by atoms with van der Waals surface area (Å²) in [5.41, 5.74) is 4.71. The van der Waals surface area contributed by atoms with Crippen LogP contribution in [0.15, 0.2) is 72.8 Å². The summed E-state index contributed by atoms with van der Waals surface area (Å²) in [6.45, 7) is 1.08. The van der Waals surface area contributed by atoms with Gasteiger partial charge in [-0.25, -0.2) is 0 Å². The molecule has 4 aromatic rings. The Kier molecular flexibility index (Phi) is 5.06. The second-order valence-electron chi connectivity index (χ2n) is 7.62. The first kappa shape index (κ1) is 19.5. The molecule has 0 fully saturated rings. The van der Waals surface area contributed by atoms with E-state index in [0.29, 0.717) is 34.8 Å². The largest absolute Gasteiger partial charge is 0.352 e. The molecule has 1 aromatic heterocycles. The van der Waals surface area contributed by atoms with Gasteiger partial charge in [0.15, 0.2) is 5.78 Å². The van der Waals surface area contributed by atoms with E-state index in [0.717, 1.165) is 22.2 Å². The molecule has 2 heterocycles. The molecule has 0 spiro atoms. The van der Waals surface area contributed by atoms with E-state index in [1.54, 1.807) is 18.2 Å². The van der Waals surface area contributed by atoms with Crippen molar-refractivity contribution in [2.75, 3.05) is 0 Å². The van der Waals surface area contributed by atoms with E-state index in [4.69, 9.17) is 11.6 Å². The van der Waals surface area contributed by atoms with Gasteiger partial charge in [-0.3, -0.25) is 14.9 Å². The normalized spacial score (nSPS) is 15.1. The molecule has 5 rings (SSSR count). The summed E-state index contributed by atoms with van der Waals surface area (Å²) in [5.74, 6) is -0.302. The molecule has 3 aromatic carbocycles. The average molecular weight is 430 g/mol. The number of ketones is 1. The van der Waals surface area contributed by atoms with Gasteiger partial charge in [0, 0.05) is 24.0 Å². The molecule has 0 bridgehead atoms. The lowest BCUT2D eigenvalue weighted by Gasteiger charge is -2.09. The average Bonchev–Trinajstić information content (AvgIpc) is 3.43. The maximum absolute atomic E-state index is 13.2. The number of carbonyl (C=O) groups excluding carboxylic acids is 2. The Morgan fingerprint density at radius 3 is 2.61 bits per heavy atom. The third-order valence-corrected chi connectivity index (χ3v) is 6.08. The number of H-pyrrole nitrogens is 1. The first-order valence-corrected chi connectivity index (χ1v) is 10.5. The van der Waals surface area contributed by atoms with E-state index in [2.05, 4.69) is 15.6 Å². The molecule has 5 nitrogen and oxygen atoms in total. The Morgan fingerprint density at radius 1 is 1.00 bits per heavy atom. The van der Waals surface area contributed by atoms with Crippen molar-refractivity contribution in [1.82, 2.24) is 15.6 Å². The first-order chi connectivity index (χ1) is 15.1. The summed E-state index contributed by atoms with van der Waals surface area (Å²) >= 11 is 6.57. The number of aromatic amines is 1. The highest BCUT2D eigenvalue weighted by atomic mass is 35.5. The predicted octanol–water partition coefficient (Wildman–Crippen LogP) is 4.78. The molecular weight excluding hydrogens is 410 g/mol. The Balaban J connectivity index is 1.40. The molecule has 154 valence electrons. The molecule has 6 heteroatoms. The number of nitrogens with one attached hydrogen (secondary N) is 3. The number of halogens is 1. The van der Waals surface area contributed by atoms with Gasteiger partial charge in [0.1, 0.15) is 0 Å². The molecule has 31 heavy (non-hydrogen) atoms. The number of benzene rings is 3. The van der Waals surface area contributed by atoms with E-state index in [1.165, 1.54) is 0 Å². The molecule has 0 aliphatic carbocycles. The van der Waals surface area contributed by atoms with Gasteiger partial charge in [0.2, 0.25) is 0 Å². The fraction of sp³-hybridized carbons (Fsp3) is 0.120. The summed E-state index contributed by atoms with van der Waals surface area (Å²) < 4.78 is 0. The fourth-order valence-corrected chi connectivity index (χ4v) is 4.34. The van der Waals surface area contributed by atoms with Crippen molar-refractivity contribution in [3.05, 3.63) is 106 Å². The molecule has 1 aliphatic rings. The maximum atomic E-state index is 13.2. The van der Waals surface area contributed by atoms with Crippen LogP contribution in [0, 0.1) is 0 Å². The Labute approximate surface area is 184 Å². The van der Waals surface area contributed by atoms with Gasteiger partial charge in [0.05, 0.1) is 22.3 Å². The van der Waals surface area contributed by atoms with Crippen LogP contribution in [-0.4, -0.2) is 16.7 Å². The summed E-state index contributed by atoms with van der Waals surface area (Å²) in [6, 6.07) is 22.4. The molecule has 1 aliphatic heterocycles. The summed E-state index contributed by atoms with van der Waals surface area (Å²) in [7, 11) is 0. The van der Waals surface area contributed by atoms with E-state index in [1.807, 2.05) is 54.6 Å². The maximum Gasteiger partial charge on any atom is 0.253 e. The number of amides is 1. The Morgan fingerprint density at radius 2 is 1.77 bits per heavy atom. The minimum Gasteiger partial charge on any atom is -0.352 e. The highest BCUT2D eigenvalue weighted by Crippen LogP contribution is 2.32. The van der Waals surface area contributed by atoms with Crippen molar-refractivity contribution < 1.29 is 9.59 Å². The number of hydrogen-bond acceptors (Lipinski definition) is 3. The quantitative estimate of drug-likeness (QED) is 0.400. The second kappa shape index (κ2) is 8.02. The SMILES string of the molecule is O=C(NCc1ccccc1)c1ccc2[nH]c(C(=O)C3NCc4ccccc43)cc2c1Cl. The van der Waals surface area contributed by atoms with Crippen molar-refractivity contribution in [1.29, 1.82) is 0 Å². The smallest absolute Gasteiger partial charge is 0.253 e. The van der Waals surface area contributed by atoms with Crippen LogP contribution >= 0.6 is 11.6 Å². The summed E-state index contributed by atoms with van der Waals surface area (Å²) in [4.78, 5) is 29.0. The number of aromatic nitrogens is 1. The van der Waals surface area contributed by atoms with E-state index in [9.17, 15) is 9.59 Å². The van der Waals surface area contributed by atoms with Crippen LogP contribution in [0.5, 0.6) is 0 Å². The standard InChI is InChI=1S/C25H20ClN3O2/c26-22-18(25(31)28-13-15-6-2-1-3-7-15)10-11-20-19(22)12-21(29-20)24(30)23-17-9-5-4-8-16(17)14-27-23/h1-12,23,27,29H,13-14H2,(H,28,31). The lowest BCUT2D eigenvalue weighted by Crippen LogP contribution is -2.23. The van der Waals surface area contributed by atoms with Crippen LogP contribution in [0.1, 0.15) is 43.6 Å². The molecule has 1 unspecified atom stereocenters. The zero-order valence-corrected chi connectivity index (χ0v) is 17.4. The highest BCUT2D eigenvalue weighted by Gasteiger charge is 2.29. The molecule has 1 amide bonds. The highest BCUT2D eigenvalue weighted by molar-refractivity contribution is 6.38. The topological polar surface area (TPSA) is 74.0 Å². The van der Waals surface area contributed by atoms with Crippen LogP contribution in [-0.2, 0) is 13.1 Å². The van der Waals surface area contributed by atoms with Gasteiger partial charge in [-0.15, -0.1) is 0 Å². The van der Waals surface area contributed by atoms with Gasteiger partial charge in [-0.2, -0.15) is 0 Å². The Hall–Kier alpha value is -3.41. The fourth-order valence-electron chi connectivity index (χ4n) is 4.04. The summed E-state index contributed by atoms with van der Waals surface area (Å²) in [6.07, 6.45) is 0. The van der Waals surface area contributed by atoms with Crippen LogP contribution in [0.3, 0.4) is 0 Å². The molecular formula is C25H20ClN3O2. The first-order valence-electron chi connectivity index (χ1n) is 10.1. The number of carbonyl (C=O) groups is 2. The van der Waals surface area contributed by atoms with Crippen LogP contribution < -0.4 is 10.6 Å². The molecule has 0 saturated heterocycles. The van der Waals surface area contributed by atoms with Crippen molar-refractivity contribution in [3.8, 4) is 0 Å². The zero-order valence-electron chi connectivity index (χ0n) is 16.6. The molecule has 0 radical (unpaired) electrons. The monoisotopic (exact) mass is 429 g/mol. The van der Waals surface area contributed by atoms with Crippen molar-refractivity contribution >= 4 is 34.2 Å². The van der Waals surface area contributed by atoms with Gasteiger partial charge < -0.3 is 10.3 Å². The third kappa shape index (κ3) is 3.63. The molecule has 0 saturated carbocycles. The predicted molar refractivity (Wildman–Crippen MR) is 121 cm³/mol. The van der Waals surface area contributed by atoms with Crippen molar-refractivity contribution in [2.45, 2.75) is 19.1 Å². The Bertz CT molecular complexity index is 1300. The lowest BCUT2D eigenvalue weighted by molar-refractivity contribution is 0.0939. The number of rotatable bonds is 5. The third-order valence-electron chi connectivity index (χ3n) is 5.67. The number of fused-ring (bicyclic) bond motifs is 2. The van der Waals surface area contributed by atoms with E-state index < -0.39 is 6.04 Å². The number of hydrogen-bond donors (Lipinski definition) is 3. The summed E-state index contributed by atoms with van der Waals surface area (Å²) in [5, 5.41) is 7.16. The van der Waals surface area contributed by atoms with Crippen molar-refractivity contribution in [3.63, 3.8) is 0 Å². The van der Waals surface area contributed by atoms with Crippen LogP contribution in [0.2, 0.25) is 5.02 Å². The van der Waals surface area contributed by atoms with Crippen LogP contribution in [0.25, 0.3) is 10.9 Å². The minimum absolute atomic E-state index is 0.0488. The zero-order chi connectivity index (χ0) is 21.4.